The van der Waals surface area contributed by atoms with Gasteiger partial charge >= 0.3 is 0 Å². The summed E-state index contributed by atoms with van der Waals surface area (Å²) in [6.45, 7) is 0. The molecule has 0 amide bonds. The standard InChI is InChI=1S/C14H11N3S/c15-13-12(10-6-2-1-3-7-10)17-14(18-13)11-8-4-5-9-16-11/h1-9H,15H2. The molecule has 0 aliphatic carbocycles. The first-order valence-corrected chi connectivity index (χ1v) is 6.39. The van der Waals surface area contributed by atoms with Crippen LogP contribution in [0.3, 0.4) is 0 Å². The highest BCUT2D eigenvalue weighted by molar-refractivity contribution is 7.19. The summed E-state index contributed by atoms with van der Waals surface area (Å²) in [6, 6.07) is 15.7. The van der Waals surface area contributed by atoms with Crippen molar-refractivity contribution in [2.75, 3.05) is 5.73 Å². The van der Waals surface area contributed by atoms with E-state index in [1.807, 2.05) is 48.5 Å². The van der Waals surface area contributed by atoms with Gasteiger partial charge in [0.05, 0.1) is 5.69 Å². The molecule has 0 radical (unpaired) electrons. The summed E-state index contributed by atoms with van der Waals surface area (Å²) in [5.74, 6) is 0. The zero-order valence-corrected chi connectivity index (χ0v) is 10.4. The molecule has 18 heavy (non-hydrogen) atoms. The van der Waals surface area contributed by atoms with Crippen LogP contribution in [0, 0.1) is 0 Å². The van der Waals surface area contributed by atoms with Gasteiger partial charge in [0.15, 0.2) is 0 Å². The summed E-state index contributed by atoms with van der Waals surface area (Å²) in [7, 11) is 0. The SMILES string of the molecule is Nc1sc(-c2ccccn2)nc1-c1ccccc1. The van der Waals surface area contributed by atoms with Crippen LogP contribution in [0.5, 0.6) is 0 Å². The molecule has 4 heteroatoms. The Labute approximate surface area is 109 Å². The van der Waals surface area contributed by atoms with Crippen molar-refractivity contribution in [1.82, 2.24) is 9.97 Å². The van der Waals surface area contributed by atoms with E-state index in [-0.39, 0.29) is 0 Å². The van der Waals surface area contributed by atoms with Crippen LogP contribution in [0.4, 0.5) is 5.00 Å². The fraction of sp³-hybridized carbons (Fsp3) is 0. The first-order chi connectivity index (χ1) is 8.84. The van der Waals surface area contributed by atoms with E-state index in [0.717, 1.165) is 27.0 Å². The predicted molar refractivity (Wildman–Crippen MR) is 75.2 cm³/mol. The molecule has 0 saturated heterocycles. The first-order valence-electron chi connectivity index (χ1n) is 5.58. The van der Waals surface area contributed by atoms with Gasteiger partial charge in [0.1, 0.15) is 15.7 Å². The largest absolute Gasteiger partial charge is 0.389 e. The molecule has 2 heterocycles. The molecule has 0 aliphatic rings. The normalized spacial score (nSPS) is 10.4. The van der Waals surface area contributed by atoms with Gasteiger partial charge in [0, 0.05) is 11.8 Å². The lowest BCUT2D eigenvalue weighted by Gasteiger charge is -1.96. The highest BCUT2D eigenvalue weighted by atomic mass is 32.1. The van der Waals surface area contributed by atoms with E-state index >= 15 is 0 Å². The molecule has 0 unspecified atom stereocenters. The molecule has 88 valence electrons. The Hall–Kier alpha value is -2.20. The van der Waals surface area contributed by atoms with E-state index in [0.29, 0.717) is 0 Å². The van der Waals surface area contributed by atoms with Crippen molar-refractivity contribution in [3.63, 3.8) is 0 Å². The monoisotopic (exact) mass is 253 g/mol. The second kappa shape index (κ2) is 4.58. The summed E-state index contributed by atoms with van der Waals surface area (Å²) < 4.78 is 0. The number of hydrogen-bond donors (Lipinski definition) is 1. The van der Waals surface area contributed by atoms with Crippen molar-refractivity contribution in [2.45, 2.75) is 0 Å². The summed E-state index contributed by atoms with van der Waals surface area (Å²) in [6.07, 6.45) is 1.76. The zero-order valence-electron chi connectivity index (χ0n) is 9.58. The molecule has 3 nitrogen and oxygen atoms in total. The van der Waals surface area contributed by atoms with Crippen LogP contribution in [0.25, 0.3) is 22.0 Å². The van der Waals surface area contributed by atoms with Crippen molar-refractivity contribution >= 4 is 16.3 Å². The number of nitrogens with two attached hydrogens (primary N) is 1. The second-order valence-corrected chi connectivity index (χ2v) is 4.84. The number of pyridine rings is 1. The molecule has 0 saturated carbocycles. The number of nitrogens with zero attached hydrogens (tertiary/aromatic N) is 2. The zero-order chi connectivity index (χ0) is 12.4. The Morgan fingerprint density at radius 2 is 1.72 bits per heavy atom. The molecule has 2 aromatic heterocycles. The van der Waals surface area contributed by atoms with Gasteiger partial charge in [-0.15, -0.1) is 0 Å². The van der Waals surface area contributed by atoms with Gasteiger partial charge in [-0.3, -0.25) is 4.98 Å². The van der Waals surface area contributed by atoms with E-state index in [2.05, 4.69) is 9.97 Å². The molecule has 0 aliphatic heterocycles. The smallest absolute Gasteiger partial charge is 0.144 e. The molecular weight excluding hydrogens is 242 g/mol. The van der Waals surface area contributed by atoms with E-state index < -0.39 is 0 Å². The summed E-state index contributed by atoms with van der Waals surface area (Å²) >= 11 is 1.47. The Bertz CT molecular complexity index is 647. The van der Waals surface area contributed by atoms with Crippen molar-refractivity contribution < 1.29 is 0 Å². The van der Waals surface area contributed by atoms with Gasteiger partial charge in [0.2, 0.25) is 0 Å². The second-order valence-electron chi connectivity index (χ2n) is 3.81. The lowest BCUT2D eigenvalue weighted by atomic mass is 10.2. The van der Waals surface area contributed by atoms with Gasteiger partial charge < -0.3 is 5.73 Å². The van der Waals surface area contributed by atoms with Gasteiger partial charge in [-0.2, -0.15) is 0 Å². The van der Waals surface area contributed by atoms with Crippen LogP contribution in [0.15, 0.2) is 54.7 Å². The summed E-state index contributed by atoms with van der Waals surface area (Å²) in [4.78, 5) is 8.87. The van der Waals surface area contributed by atoms with Crippen LogP contribution >= 0.6 is 11.3 Å². The van der Waals surface area contributed by atoms with E-state index in [9.17, 15) is 0 Å². The Balaban J connectivity index is 2.07. The molecule has 0 atom stereocenters. The fourth-order valence-corrected chi connectivity index (χ4v) is 2.56. The van der Waals surface area contributed by atoms with Crippen LogP contribution < -0.4 is 5.73 Å². The third-order valence-corrected chi connectivity index (χ3v) is 3.49. The average molecular weight is 253 g/mol. The number of anilines is 1. The maximum absolute atomic E-state index is 6.04. The van der Waals surface area contributed by atoms with Crippen LogP contribution in [-0.2, 0) is 0 Å². The number of thiazole rings is 1. The van der Waals surface area contributed by atoms with Gasteiger partial charge in [0.25, 0.3) is 0 Å². The van der Waals surface area contributed by atoms with Crippen molar-refractivity contribution in [2.24, 2.45) is 0 Å². The summed E-state index contributed by atoms with van der Waals surface area (Å²) in [5, 5.41) is 1.58. The minimum absolute atomic E-state index is 0.724. The summed E-state index contributed by atoms with van der Waals surface area (Å²) in [5.41, 5.74) is 8.77. The Morgan fingerprint density at radius 1 is 0.944 bits per heavy atom. The maximum Gasteiger partial charge on any atom is 0.144 e. The maximum atomic E-state index is 6.04. The third-order valence-electron chi connectivity index (χ3n) is 2.58. The topological polar surface area (TPSA) is 51.8 Å². The average Bonchev–Trinajstić information content (AvgIpc) is 2.83. The highest BCUT2D eigenvalue weighted by Gasteiger charge is 2.12. The Kier molecular flexibility index (Phi) is 2.78. The van der Waals surface area contributed by atoms with Crippen molar-refractivity contribution in [1.29, 1.82) is 0 Å². The number of rotatable bonds is 2. The van der Waals surface area contributed by atoms with E-state index in [4.69, 9.17) is 5.73 Å². The number of aromatic nitrogens is 2. The van der Waals surface area contributed by atoms with Gasteiger partial charge in [-0.25, -0.2) is 4.98 Å². The lowest BCUT2D eigenvalue weighted by Crippen LogP contribution is -1.85. The van der Waals surface area contributed by atoms with Crippen LogP contribution in [-0.4, -0.2) is 9.97 Å². The van der Waals surface area contributed by atoms with E-state index in [1.54, 1.807) is 6.20 Å². The third kappa shape index (κ3) is 1.98. The highest BCUT2D eigenvalue weighted by Crippen LogP contribution is 2.34. The number of nitrogen functional groups attached to an aromatic ring is 1. The van der Waals surface area contributed by atoms with Gasteiger partial charge in [-0.05, 0) is 12.1 Å². The molecule has 3 rings (SSSR count). The molecule has 0 bridgehead atoms. The lowest BCUT2D eigenvalue weighted by molar-refractivity contribution is 1.29. The van der Waals surface area contributed by atoms with Crippen molar-refractivity contribution in [3.05, 3.63) is 54.7 Å². The van der Waals surface area contributed by atoms with Crippen LogP contribution in [0.1, 0.15) is 0 Å². The van der Waals surface area contributed by atoms with Crippen LogP contribution in [0.2, 0.25) is 0 Å². The van der Waals surface area contributed by atoms with Gasteiger partial charge in [-0.1, -0.05) is 47.7 Å². The minimum Gasteiger partial charge on any atom is -0.389 e. The molecule has 1 aromatic carbocycles. The number of benzene rings is 1. The molecule has 2 N–H and O–H groups in total. The minimum atomic E-state index is 0.724. The number of hydrogen-bond acceptors (Lipinski definition) is 4. The quantitative estimate of drug-likeness (QED) is 0.761. The van der Waals surface area contributed by atoms with Crippen molar-refractivity contribution in [3.8, 4) is 22.0 Å². The van der Waals surface area contributed by atoms with E-state index in [1.165, 1.54) is 11.3 Å². The molecule has 0 spiro atoms. The molecule has 0 fully saturated rings. The molecular formula is C14H11N3S. The predicted octanol–water partition coefficient (Wildman–Crippen LogP) is 3.45. The first kappa shape index (κ1) is 10.9. The fourth-order valence-electron chi connectivity index (χ4n) is 1.73. The Morgan fingerprint density at radius 3 is 2.44 bits per heavy atom. The molecule has 3 aromatic rings.